The van der Waals surface area contributed by atoms with Crippen LogP contribution in [0.25, 0.3) is 132 Å². The third-order valence-electron chi connectivity index (χ3n) is 15.8. The summed E-state index contributed by atoms with van der Waals surface area (Å²) in [5.41, 5.74) is 8.41. The van der Waals surface area contributed by atoms with Crippen LogP contribution >= 0.6 is 18.8 Å². The number of para-hydroxylation sites is 2. The summed E-state index contributed by atoms with van der Waals surface area (Å²) in [7, 11) is 9.75. The molecule has 0 bridgehead atoms. The number of hydrogen-bond acceptors (Lipinski definition) is 6. The third-order valence-corrected chi connectivity index (χ3v) is 15.8. The van der Waals surface area contributed by atoms with E-state index in [9.17, 15) is 0 Å². The van der Waals surface area contributed by atoms with Crippen molar-refractivity contribution in [1.82, 2.24) is 38.2 Å². The Hall–Kier alpha value is -6.13. The van der Waals surface area contributed by atoms with Crippen molar-refractivity contribution in [1.29, 1.82) is 0 Å². The normalized spacial score (nSPS) is 11.4. The number of hydrogen-bond donors (Lipinski definition) is 0. The SMILES string of the molecule is [Cl][Pt][Cl].[K][K].[Pt+2].[c-]1c(Oc2[c-]c3c4c(ccc5cccc(c54)n3-c3ccccn3)c2)ccc2c3ccccc3n(-c3ccccn3)c12.c1ccc(-n2c3ccccc3c3ccc(Oc4cc5ccc6cccc7c6c5c(c4)n7-c4ccccn4)cc32)nc1. The quantitative estimate of drug-likeness (QED) is 0.0855. The molecule has 16 heteroatoms. The molecule has 0 radical (unpaired) electrons. The molecule has 418 valence electrons. The molecule has 88 heavy (non-hydrogen) atoms. The Bertz CT molecular complexity index is 5180. The maximum Gasteiger partial charge on any atom is 2.00 e. The summed E-state index contributed by atoms with van der Waals surface area (Å²) >= 11 is 2.03. The van der Waals surface area contributed by atoms with E-state index >= 15 is 0 Å². The van der Waals surface area contributed by atoms with E-state index < -0.39 is 16.5 Å². The van der Waals surface area contributed by atoms with Crippen molar-refractivity contribution in [2.45, 2.75) is 0 Å². The van der Waals surface area contributed by atoms with Gasteiger partial charge in [0.2, 0.25) is 0 Å². The molecular weight excluding hydrogens is 1550 g/mol. The van der Waals surface area contributed by atoms with Crippen LogP contribution in [0.4, 0.5) is 0 Å². The first-order valence-corrected chi connectivity index (χ1v) is 50.0. The number of fused-ring (bicyclic) bond motifs is 6. The van der Waals surface area contributed by atoms with Gasteiger partial charge in [0.1, 0.15) is 34.8 Å². The minimum Gasteiger partial charge on any atom is -0.509 e. The zero-order valence-corrected chi connectivity index (χ0v) is 59.3. The van der Waals surface area contributed by atoms with Crippen molar-refractivity contribution in [3.63, 3.8) is 0 Å². The number of benzene rings is 10. The van der Waals surface area contributed by atoms with E-state index in [1.807, 2.05) is 104 Å². The van der Waals surface area contributed by atoms with Crippen molar-refractivity contribution in [2.24, 2.45) is 0 Å². The fourth-order valence-electron chi connectivity index (χ4n) is 12.5. The van der Waals surface area contributed by atoms with Gasteiger partial charge in [-0.3, -0.25) is 9.13 Å². The van der Waals surface area contributed by atoms with Gasteiger partial charge in [-0.1, -0.05) is 126 Å². The van der Waals surface area contributed by atoms with Crippen LogP contribution in [0.3, 0.4) is 0 Å². The van der Waals surface area contributed by atoms with Gasteiger partial charge in [-0.15, -0.1) is 35.0 Å². The monoisotopic (exact) mass is 1590 g/mol. The smallest absolute Gasteiger partial charge is 0.509 e. The van der Waals surface area contributed by atoms with Crippen molar-refractivity contribution >= 4 is 191 Å². The molecule has 0 N–H and O–H groups in total. The van der Waals surface area contributed by atoms with Gasteiger partial charge in [-0.25, -0.2) is 19.9 Å². The molecule has 0 saturated heterocycles. The van der Waals surface area contributed by atoms with E-state index in [-0.39, 0.29) is 21.1 Å². The average Bonchev–Trinajstić information content (AvgIpc) is 1.65. The summed E-state index contributed by atoms with van der Waals surface area (Å²) in [6.07, 6.45) is 7.30. The Labute approximate surface area is 580 Å². The molecular formula is C72H42Cl2K2N8O2Pt2. The maximum absolute atomic E-state index is 6.63. The molecule has 0 spiro atoms. The summed E-state index contributed by atoms with van der Waals surface area (Å²) in [5.74, 6) is 6.23. The van der Waals surface area contributed by atoms with Crippen molar-refractivity contribution in [2.75, 3.05) is 0 Å². The molecule has 8 heterocycles. The number of pyridine rings is 4. The topological polar surface area (TPSA) is 89.7 Å². The zero-order chi connectivity index (χ0) is 58.5. The number of aromatic nitrogens is 8. The Morgan fingerprint density at radius 3 is 1.36 bits per heavy atom. The zero-order valence-electron chi connectivity index (χ0n) is 47.0. The van der Waals surface area contributed by atoms with Crippen molar-refractivity contribution in [3.8, 4) is 46.3 Å². The second kappa shape index (κ2) is 26.0. The molecule has 0 fully saturated rings. The van der Waals surface area contributed by atoms with Gasteiger partial charge >= 0.3 is 120 Å². The predicted octanol–water partition coefficient (Wildman–Crippen LogP) is 18.3. The van der Waals surface area contributed by atoms with E-state index in [0.29, 0.717) is 11.5 Å². The second-order valence-electron chi connectivity index (χ2n) is 20.5. The van der Waals surface area contributed by atoms with Crippen LogP contribution in [0.5, 0.6) is 23.0 Å². The minimum atomic E-state index is -0.472. The first-order chi connectivity index (χ1) is 43.1. The van der Waals surface area contributed by atoms with E-state index in [4.69, 9.17) is 33.3 Å². The van der Waals surface area contributed by atoms with Crippen LogP contribution < -0.4 is 9.47 Å². The number of halogens is 2. The van der Waals surface area contributed by atoms with Gasteiger partial charge in [0.05, 0.1) is 22.1 Å². The average molecular weight is 1590 g/mol. The van der Waals surface area contributed by atoms with Crippen LogP contribution in [-0.4, -0.2) is 101 Å². The van der Waals surface area contributed by atoms with Crippen LogP contribution in [0, 0.1) is 12.1 Å². The first kappa shape index (κ1) is 59.5. The molecule has 8 aromatic heterocycles. The Balaban J connectivity index is 0.000000143. The molecule has 0 amide bonds. The van der Waals surface area contributed by atoms with Crippen molar-refractivity contribution in [3.05, 3.63) is 267 Å². The van der Waals surface area contributed by atoms with Crippen LogP contribution in [0.1, 0.15) is 0 Å². The van der Waals surface area contributed by atoms with Gasteiger partial charge < -0.3 is 18.6 Å². The molecule has 0 unspecified atom stereocenters. The maximum atomic E-state index is 6.63. The molecule has 18 rings (SSSR count). The molecule has 0 aliphatic rings. The van der Waals surface area contributed by atoms with Crippen molar-refractivity contribution < 1.29 is 47.0 Å². The predicted molar refractivity (Wildman–Crippen MR) is 353 cm³/mol. The fraction of sp³-hybridized carbons (Fsp3) is 0. The van der Waals surface area contributed by atoms with Crippen LogP contribution in [-0.2, 0) is 37.5 Å². The van der Waals surface area contributed by atoms with Gasteiger partial charge in [0.25, 0.3) is 0 Å². The molecule has 0 saturated carbocycles. The van der Waals surface area contributed by atoms with E-state index in [1.165, 1.54) is 95.5 Å². The summed E-state index contributed by atoms with van der Waals surface area (Å²) in [6.45, 7) is 0. The van der Waals surface area contributed by atoms with Gasteiger partial charge in [0.15, 0.2) is 0 Å². The summed E-state index contributed by atoms with van der Waals surface area (Å²) < 4.78 is 21.9. The number of ether oxygens (including phenoxy) is 2. The summed E-state index contributed by atoms with van der Waals surface area (Å²) in [5, 5.41) is 14.1. The fourth-order valence-corrected chi connectivity index (χ4v) is 12.5. The van der Waals surface area contributed by atoms with E-state index in [2.05, 4.69) is 197 Å². The van der Waals surface area contributed by atoms with E-state index in [0.717, 1.165) is 111 Å². The Morgan fingerprint density at radius 1 is 0.330 bits per heavy atom. The Morgan fingerprint density at radius 2 is 0.761 bits per heavy atom. The van der Waals surface area contributed by atoms with Crippen LogP contribution in [0.15, 0.2) is 255 Å². The molecule has 0 aliphatic heterocycles. The number of nitrogens with zero attached hydrogens (tertiary/aromatic N) is 8. The largest absolute Gasteiger partial charge is 2.00 e. The Kier molecular flexibility index (Phi) is 17.6. The van der Waals surface area contributed by atoms with Gasteiger partial charge in [0, 0.05) is 81.0 Å². The first-order valence-electron chi connectivity index (χ1n) is 28.4. The van der Waals surface area contributed by atoms with Crippen LogP contribution in [0.2, 0.25) is 0 Å². The summed E-state index contributed by atoms with van der Waals surface area (Å²) in [4.78, 5) is 18.7. The molecule has 0 atom stereocenters. The third kappa shape index (κ3) is 10.7. The standard InChI is InChI=1S/C36H22N4O.C36H20N4O.2ClH.2K.2Pt/c2*1-2-10-29-27(9-1)28-17-16-25(21-31(28)39(29)33-12-3-5-18-37-33)41-26-20-24-15-14-23-8-7-11-30-35(23)36(24)32(22-26)40(30)34-13-4-6-19-38-34;;;;;;/h1-22H;1-20H;2*1H;;;;/q;-2;;;;;2*+2/p-2. The summed E-state index contributed by atoms with van der Waals surface area (Å²) in [6, 6.07) is 86.1. The number of rotatable bonds is 8. The van der Waals surface area contributed by atoms with Gasteiger partial charge in [-0.2, -0.15) is 6.07 Å². The molecule has 10 aromatic carbocycles. The molecule has 18 aromatic rings. The molecule has 10 nitrogen and oxygen atoms in total. The molecule has 0 aliphatic carbocycles. The second-order valence-corrected chi connectivity index (χ2v) is 23.8. The minimum absolute atomic E-state index is 0. The van der Waals surface area contributed by atoms with Gasteiger partial charge in [-0.05, 0) is 118 Å². The van der Waals surface area contributed by atoms with E-state index in [1.54, 1.807) is 0 Å².